The van der Waals surface area contributed by atoms with E-state index in [0.29, 0.717) is 18.8 Å². The molecular formula is C31H41N5O5S. The zero-order valence-corrected chi connectivity index (χ0v) is 24.9. The van der Waals surface area contributed by atoms with Gasteiger partial charge in [-0.15, -0.1) is 11.3 Å². The summed E-state index contributed by atoms with van der Waals surface area (Å²) in [4.78, 5) is 11.3. The van der Waals surface area contributed by atoms with E-state index in [9.17, 15) is 0 Å². The number of rotatable bonds is 14. The summed E-state index contributed by atoms with van der Waals surface area (Å²) in [5, 5.41) is 17.5. The second-order valence-corrected chi connectivity index (χ2v) is 11.4. The van der Waals surface area contributed by atoms with Gasteiger partial charge in [0.2, 0.25) is 0 Å². The molecule has 0 bridgehead atoms. The molecule has 42 heavy (non-hydrogen) atoms. The molecule has 226 valence electrons. The summed E-state index contributed by atoms with van der Waals surface area (Å²) in [6.07, 6.45) is 3.87. The van der Waals surface area contributed by atoms with Gasteiger partial charge in [-0.1, -0.05) is 0 Å². The Hall–Kier alpha value is -3.22. The van der Waals surface area contributed by atoms with E-state index in [4.69, 9.17) is 34.5 Å². The Labute approximate surface area is 251 Å². The molecular weight excluding hydrogens is 554 g/mol. The number of anilines is 1. The van der Waals surface area contributed by atoms with E-state index in [0.717, 1.165) is 113 Å². The Balaban J connectivity index is 1.08. The van der Waals surface area contributed by atoms with Gasteiger partial charge >= 0.3 is 0 Å². The van der Waals surface area contributed by atoms with Gasteiger partial charge in [0.05, 0.1) is 45.3 Å². The SMILES string of the molecule is N=C(NO)c1ccc(OCCCCCOc2ccc(-c3nc(N4CCOCC4)sc3CCN3CCOCC3)cc2)cc1. The first-order chi connectivity index (χ1) is 20.7. The first-order valence-electron chi connectivity index (χ1n) is 14.8. The highest BCUT2D eigenvalue weighted by atomic mass is 32.1. The van der Waals surface area contributed by atoms with E-state index in [2.05, 4.69) is 21.9 Å². The molecule has 0 radical (unpaired) electrons. The zero-order chi connectivity index (χ0) is 29.0. The Morgan fingerprint density at radius 1 is 0.857 bits per heavy atom. The molecule has 0 aliphatic carbocycles. The molecule has 2 aliphatic heterocycles. The van der Waals surface area contributed by atoms with Crippen LogP contribution in [-0.2, 0) is 15.9 Å². The molecule has 0 atom stereocenters. The van der Waals surface area contributed by atoms with Gasteiger partial charge in [0.25, 0.3) is 0 Å². The summed E-state index contributed by atoms with van der Waals surface area (Å²) < 4.78 is 22.9. The van der Waals surface area contributed by atoms with Crippen LogP contribution in [0, 0.1) is 5.41 Å². The average molecular weight is 596 g/mol. The zero-order valence-electron chi connectivity index (χ0n) is 24.1. The second kappa shape index (κ2) is 15.9. The lowest BCUT2D eigenvalue weighted by atomic mass is 10.1. The minimum absolute atomic E-state index is 0.0403. The number of unbranched alkanes of at least 4 members (excludes halogenated alkanes) is 2. The molecule has 1 aromatic heterocycles. The fourth-order valence-electron chi connectivity index (χ4n) is 4.96. The predicted molar refractivity (Wildman–Crippen MR) is 165 cm³/mol. The highest BCUT2D eigenvalue weighted by molar-refractivity contribution is 7.16. The van der Waals surface area contributed by atoms with Crippen LogP contribution in [0.15, 0.2) is 48.5 Å². The van der Waals surface area contributed by atoms with E-state index in [-0.39, 0.29) is 5.84 Å². The van der Waals surface area contributed by atoms with Crippen molar-refractivity contribution in [2.45, 2.75) is 25.7 Å². The number of nitrogens with one attached hydrogen (secondary N) is 2. The van der Waals surface area contributed by atoms with Crippen molar-refractivity contribution in [1.82, 2.24) is 15.4 Å². The Kier molecular flexibility index (Phi) is 11.4. The summed E-state index contributed by atoms with van der Waals surface area (Å²) in [7, 11) is 0. The minimum Gasteiger partial charge on any atom is -0.494 e. The fraction of sp³-hybridized carbons (Fsp3) is 0.484. The quantitative estimate of drug-likeness (QED) is 0.108. The van der Waals surface area contributed by atoms with Crippen LogP contribution >= 0.6 is 11.3 Å². The number of hydrogen-bond donors (Lipinski definition) is 3. The lowest BCUT2D eigenvalue weighted by Gasteiger charge is -2.26. The Morgan fingerprint density at radius 3 is 2.07 bits per heavy atom. The van der Waals surface area contributed by atoms with Crippen molar-refractivity contribution >= 4 is 22.3 Å². The summed E-state index contributed by atoms with van der Waals surface area (Å²) in [5.41, 5.74) is 4.65. The van der Waals surface area contributed by atoms with Crippen molar-refractivity contribution in [2.75, 3.05) is 77.3 Å². The molecule has 3 aromatic rings. The molecule has 3 heterocycles. The third kappa shape index (κ3) is 8.65. The molecule has 2 aliphatic rings. The van der Waals surface area contributed by atoms with E-state index in [1.54, 1.807) is 24.3 Å². The average Bonchev–Trinajstić information content (AvgIpc) is 3.49. The first-order valence-corrected chi connectivity index (χ1v) is 15.6. The standard InChI is InChI=1S/C31H41N5O5S/c32-30(34-37)25-6-10-27(11-7-25)41-19-3-1-2-18-40-26-8-4-24(5-9-26)29-28(12-13-35-14-20-38-21-15-35)42-31(33-29)36-16-22-39-23-17-36/h4-11,37H,1-3,12-23H2,(H2,32,34). The van der Waals surface area contributed by atoms with Crippen molar-refractivity contribution in [3.8, 4) is 22.8 Å². The van der Waals surface area contributed by atoms with Crippen molar-refractivity contribution in [2.24, 2.45) is 0 Å². The molecule has 2 saturated heterocycles. The van der Waals surface area contributed by atoms with Gasteiger partial charge in [-0.05, 0) is 74.2 Å². The molecule has 10 nitrogen and oxygen atoms in total. The highest BCUT2D eigenvalue weighted by Crippen LogP contribution is 2.35. The fourth-order valence-corrected chi connectivity index (χ4v) is 6.08. The second-order valence-electron chi connectivity index (χ2n) is 10.4. The largest absolute Gasteiger partial charge is 0.494 e. The van der Waals surface area contributed by atoms with E-state index >= 15 is 0 Å². The number of ether oxygens (including phenoxy) is 4. The molecule has 2 fully saturated rings. The van der Waals surface area contributed by atoms with E-state index in [1.807, 2.05) is 28.9 Å². The minimum atomic E-state index is -0.0403. The predicted octanol–water partition coefficient (Wildman–Crippen LogP) is 4.45. The first kappa shape index (κ1) is 30.2. The Morgan fingerprint density at radius 2 is 1.45 bits per heavy atom. The maximum atomic E-state index is 8.81. The van der Waals surface area contributed by atoms with Crippen molar-refractivity contribution in [3.63, 3.8) is 0 Å². The summed E-state index contributed by atoms with van der Waals surface area (Å²) in [6.45, 7) is 9.20. The van der Waals surface area contributed by atoms with Crippen LogP contribution in [0.1, 0.15) is 29.7 Å². The summed E-state index contributed by atoms with van der Waals surface area (Å²) in [5.74, 6) is 1.58. The van der Waals surface area contributed by atoms with Crippen LogP contribution in [-0.4, -0.2) is 93.3 Å². The molecule has 0 saturated carbocycles. The monoisotopic (exact) mass is 595 g/mol. The van der Waals surface area contributed by atoms with E-state index in [1.165, 1.54) is 4.88 Å². The van der Waals surface area contributed by atoms with Gasteiger partial charge in [0.15, 0.2) is 5.13 Å². The number of amidine groups is 1. The maximum absolute atomic E-state index is 8.81. The molecule has 0 unspecified atom stereocenters. The van der Waals surface area contributed by atoms with Crippen LogP contribution in [0.4, 0.5) is 5.13 Å². The van der Waals surface area contributed by atoms with Crippen molar-refractivity contribution in [1.29, 1.82) is 5.41 Å². The lowest BCUT2D eigenvalue weighted by molar-refractivity contribution is 0.0385. The topological polar surface area (TPSA) is 112 Å². The summed E-state index contributed by atoms with van der Waals surface area (Å²) in [6, 6.07) is 15.4. The van der Waals surface area contributed by atoms with Crippen molar-refractivity contribution < 1.29 is 24.2 Å². The summed E-state index contributed by atoms with van der Waals surface area (Å²) >= 11 is 1.82. The van der Waals surface area contributed by atoms with Gasteiger partial charge in [-0.2, -0.15) is 0 Å². The molecule has 0 amide bonds. The Bertz CT molecular complexity index is 1240. The van der Waals surface area contributed by atoms with Crippen LogP contribution in [0.2, 0.25) is 0 Å². The van der Waals surface area contributed by atoms with Crippen LogP contribution in [0.3, 0.4) is 0 Å². The molecule has 2 aromatic carbocycles. The van der Waals surface area contributed by atoms with Gasteiger partial charge < -0.3 is 23.8 Å². The molecule has 11 heteroatoms. The lowest BCUT2D eigenvalue weighted by Crippen LogP contribution is -2.37. The van der Waals surface area contributed by atoms with E-state index < -0.39 is 0 Å². The van der Waals surface area contributed by atoms with Gasteiger partial charge in [0, 0.05) is 48.7 Å². The molecule has 0 spiro atoms. The van der Waals surface area contributed by atoms with Gasteiger partial charge in [-0.3, -0.25) is 21.0 Å². The number of hydroxylamine groups is 1. The smallest absolute Gasteiger partial charge is 0.186 e. The van der Waals surface area contributed by atoms with Crippen LogP contribution in [0.5, 0.6) is 11.5 Å². The van der Waals surface area contributed by atoms with Crippen molar-refractivity contribution in [3.05, 3.63) is 59.0 Å². The maximum Gasteiger partial charge on any atom is 0.186 e. The molecule has 5 rings (SSSR count). The number of thiazole rings is 1. The van der Waals surface area contributed by atoms with Gasteiger partial charge in [0.1, 0.15) is 17.3 Å². The number of benzene rings is 2. The molecule has 3 N–H and O–H groups in total. The number of hydrogen-bond acceptors (Lipinski definition) is 10. The third-order valence-corrected chi connectivity index (χ3v) is 8.61. The highest BCUT2D eigenvalue weighted by Gasteiger charge is 2.20. The number of morpholine rings is 2. The number of nitrogens with zero attached hydrogens (tertiary/aromatic N) is 3. The number of aromatic nitrogens is 1. The third-order valence-electron chi connectivity index (χ3n) is 7.44. The normalized spacial score (nSPS) is 15.9. The van der Waals surface area contributed by atoms with Crippen LogP contribution in [0.25, 0.3) is 11.3 Å². The van der Waals surface area contributed by atoms with Gasteiger partial charge in [-0.25, -0.2) is 4.98 Å². The van der Waals surface area contributed by atoms with Crippen LogP contribution < -0.4 is 19.9 Å².